The zero-order valence-electron chi connectivity index (χ0n) is 22.0. The highest BCUT2D eigenvalue weighted by molar-refractivity contribution is 5.79. The minimum atomic E-state index is -0.0477. The molecule has 0 aromatic heterocycles. The van der Waals surface area contributed by atoms with Gasteiger partial charge in [0.05, 0.1) is 24.3 Å². The Morgan fingerprint density at radius 1 is 1.11 bits per heavy atom. The van der Waals surface area contributed by atoms with E-state index in [1.807, 2.05) is 36.9 Å². The number of carbonyl (C=O) groups is 1. The molecular formula is C32H33N3O3. The van der Waals surface area contributed by atoms with E-state index in [1.54, 1.807) is 30.3 Å². The van der Waals surface area contributed by atoms with E-state index in [0.717, 1.165) is 55.6 Å². The molecule has 0 saturated carbocycles. The minimum absolute atomic E-state index is 0.0259. The second-order valence-corrected chi connectivity index (χ2v) is 9.95. The van der Waals surface area contributed by atoms with Gasteiger partial charge in [0.2, 0.25) is 0 Å². The van der Waals surface area contributed by atoms with Crippen LogP contribution < -0.4 is 9.47 Å². The lowest BCUT2D eigenvalue weighted by molar-refractivity contribution is -0.134. The maximum Gasteiger partial charge on any atom is 0.260 e. The van der Waals surface area contributed by atoms with Crippen molar-refractivity contribution in [1.29, 1.82) is 5.26 Å². The van der Waals surface area contributed by atoms with E-state index in [4.69, 9.17) is 21.3 Å². The number of nitrogens with zero attached hydrogens (tertiary/aromatic N) is 3. The summed E-state index contributed by atoms with van der Waals surface area (Å²) in [5.74, 6) is 2.04. The van der Waals surface area contributed by atoms with Crippen molar-refractivity contribution < 1.29 is 14.3 Å². The summed E-state index contributed by atoms with van der Waals surface area (Å²) in [5.41, 5.74) is 3.91. The maximum atomic E-state index is 12.9. The fourth-order valence-corrected chi connectivity index (χ4v) is 4.78. The van der Waals surface area contributed by atoms with Gasteiger partial charge in [0.25, 0.3) is 5.91 Å². The molecule has 6 nitrogen and oxygen atoms in total. The average molecular weight is 508 g/mol. The topological polar surface area (TPSA) is 66.9 Å². The summed E-state index contributed by atoms with van der Waals surface area (Å²) in [6.07, 6.45) is 4.26. The van der Waals surface area contributed by atoms with Crippen molar-refractivity contribution in [1.82, 2.24) is 4.90 Å². The van der Waals surface area contributed by atoms with E-state index in [1.165, 1.54) is 5.56 Å². The molecule has 3 aromatic carbocycles. The lowest BCUT2D eigenvalue weighted by atomic mass is 9.90. The predicted molar refractivity (Wildman–Crippen MR) is 148 cm³/mol. The second kappa shape index (κ2) is 12.8. The number of nitriles is 1. The summed E-state index contributed by atoms with van der Waals surface area (Å²) in [4.78, 5) is 18.3. The molecule has 0 bridgehead atoms. The van der Waals surface area contributed by atoms with Crippen LogP contribution in [-0.2, 0) is 11.2 Å². The Kier molecular flexibility index (Phi) is 9.01. The summed E-state index contributed by atoms with van der Waals surface area (Å²) in [6, 6.07) is 22.8. The molecule has 194 valence electrons. The molecule has 1 aliphatic heterocycles. The van der Waals surface area contributed by atoms with Crippen molar-refractivity contribution >= 4 is 11.6 Å². The Labute approximate surface area is 225 Å². The van der Waals surface area contributed by atoms with Gasteiger partial charge in [-0.1, -0.05) is 30.3 Å². The number of likely N-dealkylation sites (tertiary alicyclic amines) is 1. The average Bonchev–Trinajstić information content (AvgIpc) is 2.95. The molecule has 0 atom stereocenters. The Balaban J connectivity index is 1.29. The number of hydrogen-bond donors (Lipinski definition) is 0. The van der Waals surface area contributed by atoms with E-state index in [2.05, 4.69) is 29.1 Å². The zero-order chi connectivity index (χ0) is 26.9. The van der Waals surface area contributed by atoms with E-state index in [9.17, 15) is 4.79 Å². The van der Waals surface area contributed by atoms with Crippen molar-refractivity contribution in [2.45, 2.75) is 45.6 Å². The minimum Gasteiger partial charge on any atom is -0.491 e. The number of amides is 1. The van der Waals surface area contributed by atoms with Crippen molar-refractivity contribution in [2.24, 2.45) is 5.92 Å². The first-order valence-corrected chi connectivity index (χ1v) is 13.1. The molecule has 3 aromatic rings. The first-order valence-electron chi connectivity index (χ1n) is 13.1. The van der Waals surface area contributed by atoms with Crippen molar-refractivity contribution in [3.63, 3.8) is 0 Å². The van der Waals surface area contributed by atoms with Gasteiger partial charge in [-0.25, -0.2) is 4.85 Å². The number of benzene rings is 3. The third-order valence-corrected chi connectivity index (χ3v) is 6.85. The van der Waals surface area contributed by atoms with Crippen LogP contribution in [0.3, 0.4) is 0 Å². The Bertz CT molecular complexity index is 1330. The fraction of sp³-hybridized carbons (Fsp3) is 0.344. The summed E-state index contributed by atoms with van der Waals surface area (Å²) in [6.45, 7) is 12.8. The molecule has 0 radical (unpaired) electrons. The van der Waals surface area contributed by atoms with Crippen LogP contribution in [0.2, 0.25) is 0 Å². The van der Waals surface area contributed by atoms with Gasteiger partial charge in [0.1, 0.15) is 11.5 Å². The molecule has 38 heavy (non-hydrogen) atoms. The van der Waals surface area contributed by atoms with Crippen LogP contribution in [0.15, 0.2) is 66.7 Å². The largest absolute Gasteiger partial charge is 0.491 e. The molecular weight excluding hydrogens is 474 g/mol. The van der Waals surface area contributed by atoms with Crippen LogP contribution in [0.1, 0.15) is 44.2 Å². The van der Waals surface area contributed by atoms with Gasteiger partial charge >= 0.3 is 0 Å². The van der Waals surface area contributed by atoms with Crippen LogP contribution in [0.5, 0.6) is 11.5 Å². The van der Waals surface area contributed by atoms with Gasteiger partial charge in [-0.15, -0.1) is 0 Å². The highest BCUT2D eigenvalue weighted by Crippen LogP contribution is 2.34. The molecule has 1 amide bonds. The number of carbonyl (C=O) groups excluding carboxylic acids is 1. The second-order valence-electron chi connectivity index (χ2n) is 9.95. The molecule has 4 rings (SSSR count). The summed E-state index contributed by atoms with van der Waals surface area (Å²) in [5, 5.41) is 9.08. The SMILES string of the molecule is [C-]#[N+]c1ccc(OCC(=O)N2CCC(CCc3cccc(OC(C)C)c3)CC2)c(-c2ccc(C#N)cc2)c1. The predicted octanol–water partition coefficient (Wildman–Crippen LogP) is 6.81. The van der Waals surface area contributed by atoms with E-state index >= 15 is 0 Å². The number of rotatable bonds is 9. The molecule has 1 aliphatic rings. The smallest absolute Gasteiger partial charge is 0.260 e. The normalized spacial score (nSPS) is 13.6. The number of aryl methyl sites for hydroxylation is 1. The van der Waals surface area contributed by atoms with E-state index in [-0.39, 0.29) is 18.6 Å². The summed E-state index contributed by atoms with van der Waals surface area (Å²) < 4.78 is 11.8. The maximum absolute atomic E-state index is 12.9. The van der Waals surface area contributed by atoms with Gasteiger partial charge in [0, 0.05) is 18.7 Å². The molecule has 0 spiro atoms. The van der Waals surface area contributed by atoms with Gasteiger partial charge in [0.15, 0.2) is 12.3 Å². The van der Waals surface area contributed by atoms with Crippen LogP contribution in [0, 0.1) is 23.8 Å². The lowest BCUT2D eigenvalue weighted by Crippen LogP contribution is -2.41. The Morgan fingerprint density at radius 3 is 2.55 bits per heavy atom. The summed E-state index contributed by atoms with van der Waals surface area (Å²) >= 11 is 0. The molecule has 1 saturated heterocycles. The first-order chi connectivity index (χ1) is 18.4. The number of ether oxygens (including phenoxy) is 2. The van der Waals surface area contributed by atoms with Crippen molar-refractivity contribution in [2.75, 3.05) is 19.7 Å². The standard InChI is InChI=1S/C32H33N3O3/c1-23(2)38-29-6-4-5-25(19-29)8-7-24-15-17-35(18-16-24)32(36)22-37-31-14-13-28(34-3)20-30(31)27-11-9-26(21-33)10-12-27/h4-6,9-14,19-20,23-24H,7-8,15-18,22H2,1-2H3. The third-order valence-electron chi connectivity index (χ3n) is 6.85. The van der Waals surface area contributed by atoms with E-state index < -0.39 is 0 Å². The first kappa shape index (κ1) is 26.8. The third kappa shape index (κ3) is 7.14. The van der Waals surface area contributed by atoms with E-state index in [0.29, 0.717) is 22.9 Å². The van der Waals surface area contributed by atoms with Crippen LogP contribution in [0.25, 0.3) is 16.0 Å². The number of hydrogen-bond acceptors (Lipinski definition) is 4. The zero-order valence-corrected chi connectivity index (χ0v) is 22.0. The van der Waals surface area contributed by atoms with Gasteiger partial charge in [-0.05, 0) is 93.0 Å². The van der Waals surface area contributed by atoms with Crippen LogP contribution in [-0.4, -0.2) is 36.6 Å². The lowest BCUT2D eigenvalue weighted by Gasteiger charge is -2.32. The van der Waals surface area contributed by atoms with Gasteiger partial charge in [-0.3, -0.25) is 4.79 Å². The van der Waals surface area contributed by atoms with Crippen LogP contribution in [0.4, 0.5) is 5.69 Å². The highest BCUT2D eigenvalue weighted by Gasteiger charge is 2.23. The molecule has 0 unspecified atom stereocenters. The molecule has 6 heteroatoms. The Hall–Kier alpha value is -4.29. The van der Waals surface area contributed by atoms with Gasteiger partial charge < -0.3 is 14.4 Å². The van der Waals surface area contributed by atoms with Crippen molar-refractivity contribution in [3.05, 3.63) is 89.3 Å². The van der Waals surface area contributed by atoms with Crippen molar-refractivity contribution in [3.8, 4) is 28.7 Å². The molecule has 0 N–H and O–H groups in total. The monoisotopic (exact) mass is 507 g/mol. The molecule has 1 fully saturated rings. The fourth-order valence-electron chi connectivity index (χ4n) is 4.78. The van der Waals surface area contributed by atoms with Crippen LogP contribution >= 0.6 is 0 Å². The quantitative estimate of drug-likeness (QED) is 0.298. The molecule has 0 aliphatic carbocycles. The summed E-state index contributed by atoms with van der Waals surface area (Å²) in [7, 11) is 0. The Morgan fingerprint density at radius 2 is 1.87 bits per heavy atom. The highest BCUT2D eigenvalue weighted by atomic mass is 16.5. The number of piperidine rings is 1. The van der Waals surface area contributed by atoms with Gasteiger partial charge in [-0.2, -0.15) is 5.26 Å². The molecule has 1 heterocycles.